The first-order valence-electron chi connectivity index (χ1n) is 8.42. The Labute approximate surface area is 142 Å². The van der Waals surface area contributed by atoms with Crippen LogP contribution in [0.1, 0.15) is 44.7 Å². The van der Waals surface area contributed by atoms with Crippen molar-refractivity contribution in [2.24, 2.45) is 0 Å². The standard InChI is InChI=1S/C18H25NO5/c1-18(2,3)24-17(22)19-14-8-5-11-4-6-12(10-20)23-16(11)13(14)7-9-15(19)21/h5,8,12,15,20-21H,4,6-7,9-10H2,1-3H3. The summed E-state index contributed by atoms with van der Waals surface area (Å²) < 4.78 is 11.4. The molecule has 2 aliphatic rings. The van der Waals surface area contributed by atoms with Gasteiger partial charge in [0, 0.05) is 5.56 Å². The highest BCUT2D eigenvalue weighted by atomic mass is 16.6. The molecule has 0 saturated carbocycles. The number of carbonyl (C=O) groups is 1. The third-order valence-corrected chi connectivity index (χ3v) is 4.34. The number of anilines is 1. The van der Waals surface area contributed by atoms with E-state index in [0.717, 1.165) is 29.7 Å². The van der Waals surface area contributed by atoms with Gasteiger partial charge in [-0.2, -0.15) is 0 Å². The second kappa shape index (κ2) is 6.26. The zero-order chi connectivity index (χ0) is 17.5. The molecular weight excluding hydrogens is 310 g/mol. The largest absolute Gasteiger partial charge is 0.487 e. The van der Waals surface area contributed by atoms with Crippen LogP contribution in [0.15, 0.2) is 12.1 Å². The molecule has 1 aromatic carbocycles. The Morgan fingerprint density at radius 1 is 1.33 bits per heavy atom. The average molecular weight is 335 g/mol. The fraction of sp³-hybridized carbons (Fsp3) is 0.611. The highest BCUT2D eigenvalue weighted by molar-refractivity contribution is 5.90. The molecule has 2 unspecified atom stereocenters. The zero-order valence-electron chi connectivity index (χ0n) is 14.4. The van der Waals surface area contributed by atoms with Crippen LogP contribution in [0.3, 0.4) is 0 Å². The van der Waals surface area contributed by atoms with E-state index in [9.17, 15) is 15.0 Å². The summed E-state index contributed by atoms with van der Waals surface area (Å²) in [5, 5.41) is 19.7. The molecule has 6 nitrogen and oxygen atoms in total. The molecule has 1 aromatic rings. The highest BCUT2D eigenvalue weighted by Gasteiger charge is 2.36. The second-order valence-corrected chi connectivity index (χ2v) is 7.38. The van der Waals surface area contributed by atoms with Crippen LogP contribution in [0.25, 0.3) is 0 Å². The Bertz CT molecular complexity index is 637. The smallest absolute Gasteiger partial charge is 0.416 e. The van der Waals surface area contributed by atoms with Gasteiger partial charge in [0.15, 0.2) is 0 Å². The number of benzene rings is 1. The van der Waals surface area contributed by atoms with E-state index in [-0.39, 0.29) is 12.7 Å². The summed E-state index contributed by atoms with van der Waals surface area (Å²) in [6, 6.07) is 3.78. The molecule has 2 N–H and O–H groups in total. The molecule has 2 heterocycles. The van der Waals surface area contributed by atoms with Gasteiger partial charge in [0.05, 0.1) is 12.3 Å². The molecule has 0 saturated heterocycles. The molecule has 0 fully saturated rings. The number of aryl methyl sites for hydroxylation is 1. The third kappa shape index (κ3) is 3.21. The number of hydrogen-bond donors (Lipinski definition) is 2. The van der Waals surface area contributed by atoms with Crippen LogP contribution < -0.4 is 9.64 Å². The lowest BCUT2D eigenvalue weighted by Crippen LogP contribution is -2.46. The zero-order valence-corrected chi connectivity index (χ0v) is 14.4. The maximum Gasteiger partial charge on any atom is 0.416 e. The fourth-order valence-electron chi connectivity index (χ4n) is 3.24. The lowest BCUT2D eigenvalue weighted by molar-refractivity contribution is 0.0452. The predicted octanol–water partition coefficient (Wildman–Crippen LogP) is 2.38. The van der Waals surface area contributed by atoms with Crippen LogP contribution in [-0.4, -0.2) is 40.8 Å². The summed E-state index contributed by atoms with van der Waals surface area (Å²) in [6.45, 7) is 5.36. The Hall–Kier alpha value is -1.79. The molecule has 1 amide bonds. The van der Waals surface area contributed by atoms with Gasteiger partial charge in [-0.15, -0.1) is 0 Å². The lowest BCUT2D eigenvalue weighted by Gasteiger charge is -2.37. The van der Waals surface area contributed by atoms with Gasteiger partial charge >= 0.3 is 6.09 Å². The van der Waals surface area contributed by atoms with E-state index in [0.29, 0.717) is 18.5 Å². The van der Waals surface area contributed by atoms with Crippen molar-refractivity contribution in [3.8, 4) is 5.75 Å². The summed E-state index contributed by atoms with van der Waals surface area (Å²) in [4.78, 5) is 13.8. The SMILES string of the molecule is CC(C)(C)OC(=O)N1c2ccc3c(c2CCC1O)OC(CO)CC3. The second-order valence-electron chi connectivity index (χ2n) is 7.38. The molecule has 2 aliphatic heterocycles. The predicted molar refractivity (Wildman–Crippen MR) is 89.3 cm³/mol. The van der Waals surface area contributed by atoms with Gasteiger partial charge in [-0.3, -0.25) is 4.90 Å². The molecule has 2 atom stereocenters. The maximum atomic E-state index is 12.5. The van der Waals surface area contributed by atoms with Crippen molar-refractivity contribution < 1.29 is 24.5 Å². The van der Waals surface area contributed by atoms with Gasteiger partial charge in [0.1, 0.15) is 23.7 Å². The molecule has 0 aliphatic carbocycles. The van der Waals surface area contributed by atoms with Gasteiger partial charge in [-0.1, -0.05) is 6.07 Å². The number of ether oxygens (including phenoxy) is 2. The van der Waals surface area contributed by atoms with Crippen molar-refractivity contribution in [2.75, 3.05) is 11.5 Å². The minimum absolute atomic E-state index is 0.0263. The number of hydrogen-bond acceptors (Lipinski definition) is 5. The van der Waals surface area contributed by atoms with Crippen LogP contribution in [0.5, 0.6) is 5.75 Å². The third-order valence-electron chi connectivity index (χ3n) is 4.34. The summed E-state index contributed by atoms with van der Waals surface area (Å²) in [5.41, 5.74) is 1.97. The molecule has 0 bridgehead atoms. The number of carbonyl (C=O) groups excluding carboxylic acids is 1. The Balaban J connectivity index is 1.98. The molecule has 24 heavy (non-hydrogen) atoms. The number of amides is 1. The van der Waals surface area contributed by atoms with Crippen molar-refractivity contribution in [2.45, 2.75) is 64.4 Å². The van der Waals surface area contributed by atoms with Crippen molar-refractivity contribution in [3.05, 3.63) is 23.3 Å². The lowest BCUT2D eigenvalue weighted by atomic mass is 9.93. The van der Waals surface area contributed by atoms with Crippen LogP contribution in [0.4, 0.5) is 10.5 Å². The molecule has 3 rings (SSSR count). The number of nitrogens with zero attached hydrogens (tertiary/aromatic N) is 1. The van der Waals surface area contributed by atoms with E-state index in [1.54, 1.807) is 20.8 Å². The van der Waals surface area contributed by atoms with Crippen molar-refractivity contribution in [1.82, 2.24) is 0 Å². The minimum atomic E-state index is -0.914. The fourth-order valence-corrected chi connectivity index (χ4v) is 3.24. The van der Waals surface area contributed by atoms with E-state index >= 15 is 0 Å². The van der Waals surface area contributed by atoms with Gasteiger partial charge in [-0.05, 0) is 58.1 Å². The maximum absolute atomic E-state index is 12.5. The van der Waals surface area contributed by atoms with E-state index < -0.39 is 17.9 Å². The van der Waals surface area contributed by atoms with Gasteiger partial charge in [-0.25, -0.2) is 4.79 Å². The number of rotatable bonds is 1. The molecule has 6 heteroatoms. The first-order valence-corrected chi connectivity index (χ1v) is 8.42. The van der Waals surface area contributed by atoms with E-state index in [1.807, 2.05) is 12.1 Å². The summed E-state index contributed by atoms with van der Waals surface area (Å²) >= 11 is 0. The Kier molecular flexibility index (Phi) is 4.44. The molecule has 132 valence electrons. The molecule has 0 radical (unpaired) electrons. The van der Waals surface area contributed by atoms with Gasteiger partial charge in [0.25, 0.3) is 0 Å². The summed E-state index contributed by atoms with van der Waals surface area (Å²) in [6.07, 6.45) is 0.968. The summed E-state index contributed by atoms with van der Waals surface area (Å²) in [7, 11) is 0. The van der Waals surface area contributed by atoms with Crippen molar-refractivity contribution in [1.29, 1.82) is 0 Å². The van der Waals surface area contributed by atoms with Crippen molar-refractivity contribution >= 4 is 11.8 Å². The van der Waals surface area contributed by atoms with Crippen LogP contribution in [0, 0.1) is 0 Å². The highest BCUT2D eigenvalue weighted by Crippen LogP contribution is 2.41. The number of aliphatic hydroxyl groups excluding tert-OH is 2. The molecular formula is C18H25NO5. The minimum Gasteiger partial charge on any atom is -0.487 e. The average Bonchev–Trinajstić information content (AvgIpc) is 2.51. The number of aliphatic hydroxyl groups is 2. The van der Waals surface area contributed by atoms with Gasteiger partial charge < -0.3 is 19.7 Å². The summed E-state index contributed by atoms with van der Waals surface area (Å²) in [5.74, 6) is 0.748. The molecule has 0 aromatic heterocycles. The van der Waals surface area contributed by atoms with Crippen LogP contribution >= 0.6 is 0 Å². The first-order chi connectivity index (χ1) is 11.3. The van der Waals surface area contributed by atoms with E-state index in [1.165, 1.54) is 4.90 Å². The molecule has 0 spiro atoms. The van der Waals surface area contributed by atoms with E-state index in [2.05, 4.69) is 0 Å². The van der Waals surface area contributed by atoms with Crippen LogP contribution in [-0.2, 0) is 17.6 Å². The van der Waals surface area contributed by atoms with Gasteiger partial charge in [0.2, 0.25) is 0 Å². The monoisotopic (exact) mass is 335 g/mol. The van der Waals surface area contributed by atoms with Crippen molar-refractivity contribution in [3.63, 3.8) is 0 Å². The topological polar surface area (TPSA) is 79.2 Å². The number of fused-ring (bicyclic) bond motifs is 3. The normalized spacial score (nSPS) is 23.1. The first kappa shape index (κ1) is 17.0. The van der Waals surface area contributed by atoms with Crippen LogP contribution in [0.2, 0.25) is 0 Å². The quantitative estimate of drug-likeness (QED) is 0.824. The Morgan fingerprint density at radius 2 is 2.08 bits per heavy atom. The Morgan fingerprint density at radius 3 is 2.75 bits per heavy atom. The van der Waals surface area contributed by atoms with E-state index in [4.69, 9.17) is 9.47 Å².